The number of fused-ring (bicyclic) bond motifs is 1. The highest BCUT2D eigenvalue weighted by Crippen LogP contribution is 2.29. The first kappa shape index (κ1) is 18.0. The van der Waals surface area contributed by atoms with Crippen molar-refractivity contribution in [3.63, 3.8) is 0 Å². The number of benzene rings is 3. The fourth-order valence-electron chi connectivity index (χ4n) is 3.12. The van der Waals surface area contributed by atoms with Gasteiger partial charge in [0, 0.05) is 16.5 Å². The van der Waals surface area contributed by atoms with E-state index in [-0.39, 0.29) is 5.75 Å². The van der Waals surface area contributed by atoms with Crippen LogP contribution < -0.4 is 10.4 Å². The van der Waals surface area contributed by atoms with E-state index in [1.807, 2.05) is 37.3 Å². The molecule has 0 amide bonds. The minimum Gasteiger partial charge on any atom is -0.423 e. The highest BCUT2D eigenvalue weighted by molar-refractivity contribution is 6.30. The van der Waals surface area contributed by atoms with Gasteiger partial charge in [-0.25, -0.2) is 9.59 Å². The van der Waals surface area contributed by atoms with Crippen LogP contribution in [0.15, 0.2) is 82.0 Å². The van der Waals surface area contributed by atoms with Gasteiger partial charge in [-0.1, -0.05) is 48.0 Å². The predicted molar refractivity (Wildman–Crippen MR) is 109 cm³/mol. The molecule has 0 N–H and O–H groups in total. The summed E-state index contributed by atoms with van der Waals surface area (Å²) in [4.78, 5) is 24.9. The van der Waals surface area contributed by atoms with E-state index in [4.69, 9.17) is 20.8 Å². The lowest BCUT2D eigenvalue weighted by Crippen LogP contribution is -2.09. The van der Waals surface area contributed by atoms with Crippen molar-refractivity contribution in [1.29, 1.82) is 0 Å². The van der Waals surface area contributed by atoms with Crippen LogP contribution in [0.4, 0.5) is 0 Å². The van der Waals surface area contributed by atoms with Crippen molar-refractivity contribution < 1.29 is 13.9 Å². The second-order valence-corrected chi connectivity index (χ2v) is 6.75. The molecule has 28 heavy (non-hydrogen) atoms. The molecule has 3 aromatic carbocycles. The van der Waals surface area contributed by atoms with Gasteiger partial charge in [0.2, 0.25) is 0 Å². The summed E-state index contributed by atoms with van der Waals surface area (Å²) in [5.41, 5.74) is 2.40. The van der Waals surface area contributed by atoms with Gasteiger partial charge in [0.05, 0.1) is 11.1 Å². The quantitative estimate of drug-likeness (QED) is 0.258. The molecule has 4 aromatic rings. The fourth-order valence-corrected chi connectivity index (χ4v) is 3.31. The van der Waals surface area contributed by atoms with E-state index in [0.717, 1.165) is 16.5 Å². The number of hydrogen-bond acceptors (Lipinski definition) is 4. The lowest BCUT2D eigenvalue weighted by Gasteiger charge is -2.10. The monoisotopic (exact) mass is 390 g/mol. The second kappa shape index (κ2) is 7.33. The maximum Gasteiger partial charge on any atom is 0.344 e. The molecule has 0 atom stereocenters. The Hall–Kier alpha value is -3.37. The third-order valence-electron chi connectivity index (χ3n) is 4.47. The van der Waals surface area contributed by atoms with Crippen LogP contribution in [-0.2, 0) is 0 Å². The molecule has 0 saturated carbocycles. The molecule has 0 aliphatic rings. The number of rotatable bonds is 3. The van der Waals surface area contributed by atoms with E-state index in [9.17, 15) is 9.59 Å². The van der Waals surface area contributed by atoms with Gasteiger partial charge in [-0.2, -0.15) is 0 Å². The Morgan fingerprint density at radius 2 is 1.75 bits per heavy atom. The summed E-state index contributed by atoms with van der Waals surface area (Å²) in [6, 6.07) is 20.9. The molecular weight excluding hydrogens is 376 g/mol. The van der Waals surface area contributed by atoms with Gasteiger partial charge in [-0.3, -0.25) is 0 Å². The van der Waals surface area contributed by atoms with Crippen molar-refractivity contribution in [1.82, 2.24) is 0 Å². The number of ether oxygens (including phenoxy) is 1. The van der Waals surface area contributed by atoms with Crippen molar-refractivity contribution in [2.75, 3.05) is 0 Å². The zero-order valence-electron chi connectivity index (χ0n) is 14.9. The van der Waals surface area contributed by atoms with Gasteiger partial charge in [-0.05, 0) is 48.4 Å². The van der Waals surface area contributed by atoms with Crippen LogP contribution in [0.2, 0.25) is 5.02 Å². The van der Waals surface area contributed by atoms with Gasteiger partial charge in [-0.15, -0.1) is 0 Å². The lowest BCUT2D eigenvalue weighted by molar-refractivity contribution is 0.0735. The molecule has 4 nitrogen and oxygen atoms in total. The molecule has 0 spiro atoms. The average Bonchev–Trinajstić information content (AvgIpc) is 2.68. The molecule has 0 bridgehead atoms. The zero-order valence-corrected chi connectivity index (χ0v) is 15.7. The van der Waals surface area contributed by atoms with Crippen LogP contribution in [0.25, 0.3) is 22.1 Å². The standard InChI is InChI=1S/C23H15ClO4/c1-14-19-11-10-18(27-22(25)16-8-5-9-17(24)12-16)13-20(19)28-23(26)21(14)15-6-3-2-4-7-15/h2-13H,1H3. The van der Waals surface area contributed by atoms with Gasteiger partial charge < -0.3 is 9.15 Å². The predicted octanol–water partition coefficient (Wildman–Crippen LogP) is 5.64. The highest BCUT2D eigenvalue weighted by Gasteiger charge is 2.15. The van der Waals surface area contributed by atoms with Crippen molar-refractivity contribution in [3.8, 4) is 16.9 Å². The molecule has 0 radical (unpaired) electrons. The smallest absolute Gasteiger partial charge is 0.344 e. The zero-order chi connectivity index (χ0) is 19.7. The van der Waals surface area contributed by atoms with Crippen molar-refractivity contribution in [2.45, 2.75) is 6.92 Å². The molecule has 0 fully saturated rings. The molecule has 138 valence electrons. The van der Waals surface area contributed by atoms with E-state index in [1.54, 1.807) is 36.4 Å². The van der Waals surface area contributed by atoms with Crippen LogP contribution in [0, 0.1) is 6.92 Å². The Kier molecular flexibility index (Phi) is 4.72. The lowest BCUT2D eigenvalue weighted by atomic mass is 10.00. The maximum absolute atomic E-state index is 12.6. The maximum atomic E-state index is 12.6. The Morgan fingerprint density at radius 3 is 2.50 bits per heavy atom. The van der Waals surface area contributed by atoms with Crippen molar-refractivity contribution in [2.24, 2.45) is 0 Å². The summed E-state index contributed by atoms with van der Waals surface area (Å²) in [7, 11) is 0. The number of carbonyl (C=O) groups is 1. The number of halogens is 1. The molecular formula is C23H15ClO4. The Morgan fingerprint density at radius 1 is 0.964 bits per heavy atom. The van der Waals surface area contributed by atoms with E-state index in [1.165, 1.54) is 6.07 Å². The second-order valence-electron chi connectivity index (χ2n) is 6.31. The largest absolute Gasteiger partial charge is 0.423 e. The molecule has 0 saturated heterocycles. The van der Waals surface area contributed by atoms with Gasteiger partial charge in [0.15, 0.2) is 0 Å². The normalized spacial score (nSPS) is 10.8. The van der Waals surface area contributed by atoms with Crippen molar-refractivity contribution in [3.05, 3.63) is 99.4 Å². The summed E-state index contributed by atoms with van der Waals surface area (Å²) in [5, 5.41) is 1.23. The third kappa shape index (κ3) is 3.42. The molecule has 4 rings (SSSR count). The summed E-state index contributed by atoms with van der Waals surface area (Å²) in [6.07, 6.45) is 0. The van der Waals surface area contributed by atoms with Crippen LogP contribution in [0.1, 0.15) is 15.9 Å². The molecule has 1 heterocycles. The fraction of sp³-hybridized carbons (Fsp3) is 0.0435. The topological polar surface area (TPSA) is 56.5 Å². The summed E-state index contributed by atoms with van der Waals surface area (Å²) in [6.45, 7) is 1.87. The first-order valence-electron chi connectivity index (χ1n) is 8.63. The molecule has 0 aliphatic heterocycles. The Balaban J connectivity index is 1.72. The summed E-state index contributed by atoms with van der Waals surface area (Å²) < 4.78 is 10.9. The first-order valence-corrected chi connectivity index (χ1v) is 9.01. The summed E-state index contributed by atoms with van der Waals surface area (Å²) >= 11 is 5.91. The Bertz CT molecular complexity index is 1240. The number of aryl methyl sites for hydroxylation is 1. The van der Waals surface area contributed by atoms with Crippen LogP contribution in [0.5, 0.6) is 5.75 Å². The van der Waals surface area contributed by atoms with Gasteiger partial charge in [0.1, 0.15) is 11.3 Å². The number of carbonyl (C=O) groups excluding carboxylic acids is 1. The van der Waals surface area contributed by atoms with E-state index >= 15 is 0 Å². The van der Waals surface area contributed by atoms with Gasteiger partial charge in [0.25, 0.3) is 0 Å². The number of hydrogen-bond donors (Lipinski definition) is 0. The first-order chi connectivity index (χ1) is 13.5. The Labute approximate surface area is 166 Å². The highest BCUT2D eigenvalue weighted by atomic mass is 35.5. The minimum absolute atomic E-state index is 0.285. The number of esters is 1. The van der Waals surface area contributed by atoms with Crippen molar-refractivity contribution >= 4 is 28.5 Å². The van der Waals surface area contributed by atoms with Crippen LogP contribution >= 0.6 is 11.6 Å². The molecule has 0 unspecified atom stereocenters. The van der Waals surface area contributed by atoms with Crippen LogP contribution in [-0.4, -0.2) is 5.97 Å². The SMILES string of the molecule is Cc1c(-c2ccccc2)c(=O)oc2cc(OC(=O)c3cccc(Cl)c3)ccc12. The third-order valence-corrected chi connectivity index (χ3v) is 4.71. The van der Waals surface area contributed by atoms with Gasteiger partial charge >= 0.3 is 11.6 Å². The van der Waals surface area contributed by atoms with Crippen LogP contribution in [0.3, 0.4) is 0 Å². The van der Waals surface area contributed by atoms with E-state index in [0.29, 0.717) is 21.7 Å². The molecule has 0 aliphatic carbocycles. The van der Waals surface area contributed by atoms with E-state index in [2.05, 4.69) is 0 Å². The average molecular weight is 391 g/mol. The molecule has 5 heteroatoms. The minimum atomic E-state index is -0.540. The van der Waals surface area contributed by atoms with E-state index < -0.39 is 11.6 Å². The summed E-state index contributed by atoms with van der Waals surface area (Å²) in [5.74, 6) is -0.255. The molecule has 1 aromatic heterocycles.